The summed E-state index contributed by atoms with van der Waals surface area (Å²) < 4.78 is 84.1. The highest BCUT2D eigenvalue weighted by Crippen LogP contribution is 2.45. The van der Waals surface area contributed by atoms with Crippen LogP contribution in [0, 0.1) is 23.6 Å². The number of nitrogens with zero attached hydrogens (tertiary/aromatic N) is 2. The molecule has 232 valence electrons. The third-order valence-electron chi connectivity index (χ3n) is 7.55. The number of halogens is 4. The van der Waals surface area contributed by atoms with Crippen molar-refractivity contribution in [3.63, 3.8) is 0 Å². The number of anilines is 1. The summed E-state index contributed by atoms with van der Waals surface area (Å²) in [6, 6.07) is 5.23. The number of sulfone groups is 1. The molecule has 2 aliphatic rings. The minimum Gasteiger partial charge on any atom is -0.496 e. The van der Waals surface area contributed by atoms with Gasteiger partial charge in [0.25, 0.3) is 15.7 Å². The van der Waals surface area contributed by atoms with E-state index in [1.54, 1.807) is 6.08 Å². The van der Waals surface area contributed by atoms with Gasteiger partial charge in [-0.25, -0.2) is 12.8 Å². The summed E-state index contributed by atoms with van der Waals surface area (Å²) in [7, 11) is -4.41. The topological polar surface area (TPSA) is 157 Å². The molecule has 11 nitrogen and oxygen atoms in total. The van der Waals surface area contributed by atoms with Crippen molar-refractivity contribution in [1.82, 2.24) is 15.1 Å². The zero-order chi connectivity index (χ0) is 32.0. The molecule has 16 heteroatoms. The number of ether oxygens (including phenoxy) is 1. The number of allylic oxidation sites excluding steroid dienone is 1. The van der Waals surface area contributed by atoms with Crippen LogP contribution in [-0.4, -0.2) is 59.7 Å². The standard InChI is InChI=1S/C28H24F4N4O7S/c1-43-22-10-21(29)19(16-11-33-36(12-16)13-23(37)38)9-20(22)26(39)35-25-15-6-5-14(7-15)24(25)27(40)34-17-3-2-4-18(8-17)44(41,42)28(30,31)32/h2-6,8-12,14-15,24-25H,7,13H2,1H3,(H,34,40)(H,35,39)(H,37,38). The Morgan fingerprint density at radius 3 is 2.55 bits per heavy atom. The maximum Gasteiger partial charge on any atom is 0.501 e. The van der Waals surface area contributed by atoms with Crippen molar-refractivity contribution < 1.29 is 50.2 Å². The number of amides is 2. The molecule has 2 aromatic carbocycles. The molecule has 5 rings (SSSR count). The van der Waals surface area contributed by atoms with Crippen LogP contribution in [0.15, 0.2) is 65.8 Å². The van der Waals surface area contributed by atoms with Crippen molar-refractivity contribution in [3.05, 3.63) is 72.3 Å². The van der Waals surface area contributed by atoms with E-state index in [4.69, 9.17) is 9.84 Å². The van der Waals surface area contributed by atoms with Crippen molar-refractivity contribution in [3.8, 4) is 16.9 Å². The molecule has 2 bridgehead atoms. The lowest BCUT2D eigenvalue weighted by atomic mass is 9.87. The van der Waals surface area contributed by atoms with Crippen molar-refractivity contribution in [2.24, 2.45) is 17.8 Å². The molecular formula is C28H24F4N4O7S. The summed E-state index contributed by atoms with van der Waals surface area (Å²) in [5.41, 5.74) is -5.63. The predicted octanol–water partition coefficient (Wildman–Crippen LogP) is 3.64. The number of alkyl halides is 3. The Balaban J connectivity index is 1.39. The van der Waals surface area contributed by atoms with E-state index in [1.165, 1.54) is 31.6 Å². The number of carboxylic acids is 1. The van der Waals surface area contributed by atoms with Crippen LogP contribution in [0.3, 0.4) is 0 Å². The summed E-state index contributed by atoms with van der Waals surface area (Å²) in [6.45, 7) is -0.464. The van der Waals surface area contributed by atoms with E-state index < -0.39 is 62.3 Å². The molecule has 1 heterocycles. The van der Waals surface area contributed by atoms with Gasteiger partial charge in [0.2, 0.25) is 5.91 Å². The number of fused-ring (bicyclic) bond motifs is 2. The van der Waals surface area contributed by atoms with Crippen molar-refractivity contribution in [1.29, 1.82) is 0 Å². The number of carbonyl (C=O) groups is 3. The highest BCUT2D eigenvalue weighted by Gasteiger charge is 2.49. The smallest absolute Gasteiger partial charge is 0.496 e. The molecule has 2 aliphatic carbocycles. The van der Waals surface area contributed by atoms with Crippen LogP contribution < -0.4 is 15.4 Å². The SMILES string of the molecule is COc1cc(F)c(-c2cnn(CC(=O)O)c2)cc1C(=O)NC1C2C=CC(C2)C1C(=O)Nc1cccc(S(=O)(=O)C(F)(F)F)c1. The van der Waals surface area contributed by atoms with Gasteiger partial charge < -0.3 is 20.5 Å². The minimum absolute atomic E-state index is 0.0524. The Kier molecular flexibility index (Phi) is 7.96. The van der Waals surface area contributed by atoms with Crippen molar-refractivity contribution in [2.45, 2.75) is 29.4 Å². The number of rotatable bonds is 9. The zero-order valence-electron chi connectivity index (χ0n) is 22.7. The van der Waals surface area contributed by atoms with Gasteiger partial charge in [0.1, 0.15) is 18.1 Å². The molecular weight excluding hydrogens is 612 g/mol. The normalized spacial score (nSPS) is 20.8. The van der Waals surface area contributed by atoms with Crippen molar-refractivity contribution in [2.75, 3.05) is 12.4 Å². The van der Waals surface area contributed by atoms with Gasteiger partial charge in [-0.3, -0.25) is 19.1 Å². The van der Waals surface area contributed by atoms with Crippen LogP contribution >= 0.6 is 0 Å². The van der Waals surface area contributed by atoms with Gasteiger partial charge >= 0.3 is 11.5 Å². The third kappa shape index (κ3) is 5.76. The maximum atomic E-state index is 15.0. The Bertz CT molecular complexity index is 1790. The zero-order valence-corrected chi connectivity index (χ0v) is 23.5. The molecule has 1 saturated carbocycles. The number of carbonyl (C=O) groups excluding carboxylic acids is 2. The number of hydrogen-bond donors (Lipinski definition) is 3. The van der Waals surface area contributed by atoms with E-state index in [2.05, 4.69) is 15.7 Å². The molecule has 3 N–H and O–H groups in total. The van der Waals surface area contributed by atoms with Crippen LogP contribution in [0.5, 0.6) is 5.75 Å². The summed E-state index contributed by atoms with van der Waals surface area (Å²) in [4.78, 5) is 36.9. The lowest BCUT2D eigenvalue weighted by Crippen LogP contribution is -2.47. The second-order valence-corrected chi connectivity index (χ2v) is 12.2. The first-order valence-corrected chi connectivity index (χ1v) is 14.5. The number of aliphatic carboxylic acids is 1. The molecule has 1 aromatic heterocycles. The molecule has 4 unspecified atom stereocenters. The van der Waals surface area contributed by atoms with Crippen molar-refractivity contribution >= 4 is 33.3 Å². The van der Waals surface area contributed by atoms with Gasteiger partial charge in [-0.15, -0.1) is 0 Å². The van der Waals surface area contributed by atoms with E-state index in [0.717, 1.165) is 22.9 Å². The number of aromatic nitrogens is 2. The lowest BCUT2D eigenvalue weighted by Gasteiger charge is -2.28. The molecule has 4 atom stereocenters. The van der Waals surface area contributed by atoms with Gasteiger partial charge in [-0.05, 0) is 42.5 Å². The minimum atomic E-state index is -5.65. The maximum absolute atomic E-state index is 15.0. The van der Waals surface area contributed by atoms with Gasteiger partial charge in [0.15, 0.2) is 0 Å². The first-order valence-electron chi connectivity index (χ1n) is 13.0. The van der Waals surface area contributed by atoms with E-state index in [9.17, 15) is 40.4 Å². The van der Waals surface area contributed by atoms with Gasteiger partial charge in [0.05, 0.1) is 29.7 Å². The van der Waals surface area contributed by atoms with Gasteiger partial charge in [-0.1, -0.05) is 18.2 Å². The molecule has 2 amide bonds. The van der Waals surface area contributed by atoms with E-state index in [0.29, 0.717) is 12.5 Å². The Labute approximate surface area is 247 Å². The van der Waals surface area contributed by atoms with Crippen LogP contribution in [0.4, 0.5) is 23.2 Å². The monoisotopic (exact) mass is 636 g/mol. The number of carboxylic acid groups (broad SMARTS) is 1. The number of benzene rings is 2. The van der Waals surface area contributed by atoms with Crippen LogP contribution in [0.1, 0.15) is 16.8 Å². The van der Waals surface area contributed by atoms with E-state index in [-0.39, 0.29) is 40.0 Å². The highest BCUT2D eigenvalue weighted by atomic mass is 32.2. The fraction of sp³-hybridized carbons (Fsp3) is 0.286. The van der Waals surface area contributed by atoms with E-state index >= 15 is 0 Å². The fourth-order valence-electron chi connectivity index (χ4n) is 5.56. The predicted molar refractivity (Wildman–Crippen MR) is 146 cm³/mol. The molecule has 0 spiro atoms. The number of hydrogen-bond acceptors (Lipinski definition) is 7. The van der Waals surface area contributed by atoms with Gasteiger partial charge in [-0.2, -0.15) is 18.3 Å². The first kappa shape index (κ1) is 30.7. The Morgan fingerprint density at radius 2 is 1.86 bits per heavy atom. The van der Waals surface area contributed by atoms with E-state index in [1.807, 2.05) is 6.08 Å². The molecule has 0 aliphatic heterocycles. The third-order valence-corrected chi connectivity index (χ3v) is 9.04. The van der Waals surface area contributed by atoms with Crippen LogP contribution in [-0.2, 0) is 26.0 Å². The summed E-state index contributed by atoms with van der Waals surface area (Å²) in [6.07, 6.45) is 6.68. The molecule has 0 saturated heterocycles. The molecule has 1 fully saturated rings. The average Bonchev–Trinajstić information content (AvgIpc) is 3.69. The average molecular weight is 637 g/mol. The quantitative estimate of drug-likeness (QED) is 0.238. The molecule has 44 heavy (non-hydrogen) atoms. The number of nitrogens with one attached hydrogen (secondary N) is 2. The van der Waals surface area contributed by atoms with Crippen LogP contribution in [0.25, 0.3) is 11.1 Å². The fourth-order valence-corrected chi connectivity index (χ4v) is 6.36. The second kappa shape index (κ2) is 11.4. The Hall–Kier alpha value is -4.73. The molecule has 3 aromatic rings. The summed E-state index contributed by atoms with van der Waals surface area (Å²) >= 11 is 0. The van der Waals surface area contributed by atoms with Crippen LogP contribution in [0.2, 0.25) is 0 Å². The Morgan fingerprint density at radius 1 is 1.14 bits per heavy atom. The second-order valence-electron chi connectivity index (χ2n) is 10.3. The summed E-state index contributed by atoms with van der Waals surface area (Å²) in [5, 5.41) is 18.1. The highest BCUT2D eigenvalue weighted by molar-refractivity contribution is 7.92. The lowest BCUT2D eigenvalue weighted by molar-refractivity contribution is -0.137. The number of methoxy groups -OCH3 is 1. The first-order chi connectivity index (χ1) is 20.7. The largest absolute Gasteiger partial charge is 0.501 e. The summed E-state index contributed by atoms with van der Waals surface area (Å²) in [5.74, 6) is -4.83. The van der Waals surface area contributed by atoms with Gasteiger partial charge in [0, 0.05) is 35.1 Å². The molecule has 0 radical (unpaired) electrons.